The van der Waals surface area contributed by atoms with E-state index in [1.54, 1.807) is 24.5 Å². The minimum atomic E-state index is -3.84. The number of sulfonamides is 1. The molecule has 1 aromatic carbocycles. The van der Waals surface area contributed by atoms with E-state index in [4.69, 9.17) is 0 Å². The Kier molecular flexibility index (Phi) is 7.56. The van der Waals surface area contributed by atoms with Gasteiger partial charge in [-0.05, 0) is 62.4 Å². The maximum absolute atomic E-state index is 13.7. The summed E-state index contributed by atoms with van der Waals surface area (Å²) in [5.74, 6) is -0.457. The third-order valence-corrected chi connectivity index (χ3v) is 7.77. The lowest BCUT2D eigenvalue weighted by atomic mass is 9.95. The number of nitrogens with zero attached hydrogens (tertiary/aromatic N) is 3. The minimum absolute atomic E-state index is 0.186. The van der Waals surface area contributed by atoms with Crippen LogP contribution in [-0.4, -0.2) is 42.4 Å². The Morgan fingerprint density at radius 2 is 1.74 bits per heavy atom. The van der Waals surface area contributed by atoms with Crippen LogP contribution in [0.5, 0.6) is 0 Å². The number of pyridine rings is 1. The predicted octanol–water partition coefficient (Wildman–Crippen LogP) is 3.48. The molecule has 1 N–H and O–H groups in total. The fourth-order valence-corrected chi connectivity index (χ4v) is 6.33. The van der Waals surface area contributed by atoms with Crippen molar-refractivity contribution in [1.82, 2.24) is 14.7 Å². The molecular weight excluding hydrogens is 412 g/mol. The minimum Gasteiger partial charge on any atom is -0.272 e. The molecule has 1 amide bonds. The second-order valence-corrected chi connectivity index (χ2v) is 9.97. The lowest BCUT2D eigenvalue weighted by Gasteiger charge is -2.33. The summed E-state index contributed by atoms with van der Waals surface area (Å²) in [5, 5.41) is 3.97. The number of hydrogen-bond donors (Lipinski definition) is 1. The van der Waals surface area contributed by atoms with Crippen LogP contribution in [0.1, 0.15) is 54.4 Å². The quantitative estimate of drug-likeness (QED) is 0.525. The Labute approximate surface area is 184 Å². The molecule has 8 heteroatoms. The molecular formula is C23H30N4O3S. The summed E-state index contributed by atoms with van der Waals surface area (Å²) in [6.45, 7) is 5.31. The number of aromatic nitrogens is 1. The lowest BCUT2D eigenvalue weighted by molar-refractivity contribution is -0.121. The van der Waals surface area contributed by atoms with Crippen LogP contribution in [0.2, 0.25) is 0 Å². The molecule has 1 saturated carbocycles. The van der Waals surface area contributed by atoms with Crippen LogP contribution in [0, 0.1) is 20.8 Å². The van der Waals surface area contributed by atoms with Gasteiger partial charge in [0.2, 0.25) is 10.0 Å². The Morgan fingerprint density at radius 1 is 1.13 bits per heavy atom. The van der Waals surface area contributed by atoms with E-state index in [2.05, 4.69) is 15.5 Å². The van der Waals surface area contributed by atoms with Gasteiger partial charge >= 0.3 is 0 Å². The molecule has 3 rings (SSSR count). The van der Waals surface area contributed by atoms with Crippen molar-refractivity contribution in [3.05, 3.63) is 58.9 Å². The summed E-state index contributed by atoms with van der Waals surface area (Å²) in [6.07, 6.45) is 9.31. The Morgan fingerprint density at radius 3 is 2.35 bits per heavy atom. The predicted molar refractivity (Wildman–Crippen MR) is 121 cm³/mol. The zero-order valence-corrected chi connectivity index (χ0v) is 19.2. The van der Waals surface area contributed by atoms with Crippen LogP contribution >= 0.6 is 0 Å². The molecule has 0 aliphatic heterocycles. The van der Waals surface area contributed by atoms with E-state index >= 15 is 0 Å². The average molecular weight is 443 g/mol. The normalized spacial score (nSPS) is 15.5. The van der Waals surface area contributed by atoms with Gasteiger partial charge in [-0.2, -0.15) is 9.41 Å². The van der Waals surface area contributed by atoms with Gasteiger partial charge in [0.15, 0.2) is 0 Å². The lowest BCUT2D eigenvalue weighted by Crippen LogP contribution is -2.46. The number of amides is 1. The van der Waals surface area contributed by atoms with E-state index in [9.17, 15) is 13.2 Å². The van der Waals surface area contributed by atoms with Gasteiger partial charge in [0.1, 0.15) is 0 Å². The van der Waals surface area contributed by atoms with Gasteiger partial charge in [-0.15, -0.1) is 0 Å². The second kappa shape index (κ2) is 10.2. The highest BCUT2D eigenvalue weighted by atomic mass is 32.2. The van der Waals surface area contributed by atoms with Crippen LogP contribution in [0.25, 0.3) is 0 Å². The molecule has 0 atom stereocenters. The maximum Gasteiger partial charge on any atom is 0.255 e. The number of aryl methyl sites for hydroxylation is 3. The zero-order chi connectivity index (χ0) is 22.4. The first-order chi connectivity index (χ1) is 14.8. The van der Waals surface area contributed by atoms with Crippen LogP contribution in [0.15, 0.2) is 46.7 Å². The molecule has 0 bridgehead atoms. The van der Waals surface area contributed by atoms with Crippen molar-refractivity contribution in [2.75, 3.05) is 6.54 Å². The standard InChI is InChI=1S/C23H30N4O3S/c1-17-13-18(2)23(19(3)14-17)31(29,30)27(21-7-5-4-6-8-21)16-22(28)26-25-15-20-9-11-24-12-10-20/h9-15,21H,4-8,16H2,1-3H3,(H,26,28)/b25-15+. The third kappa shape index (κ3) is 5.77. The molecule has 0 saturated heterocycles. The number of carbonyl (C=O) groups excluding carboxylic acids is 1. The van der Waals surface area contributed by atoms with Crippen LogP contribution in [0.3, 0.4) is 0 Å². The number of rotatable bonds is 7. The summed E-state index contributed by atoms with van der Waals surface area (Å²) in [4.78, 5) is 16.9. The van der Waals surface area contributed by atoms with E-state index in [0.29, 0.717) is 16.0 Å². The van der Waals surface area contributed by atoms with Crippen molar-refractivity contribution >= 4 is 22.1 Å². The number of hydrazone groups is 1. The van der Waals surface area contributed by atoms with E-state index in [0.717, 1.165) is 43.2 Å². The topological polar surface area (TPSA) is 91.7 Å². The van der Waals surface area contributed by atoms with E-state index in [-0.39, 0.29) is 12.6 Å². The molecule has 1 aliphatic carbocycles. The van der Waals surface area contributed by atoms with Crippen molar-refractivity contribution in [1.29, 1.82) is 0 Å². The first-order valence-electron chi connectivity index (χ1n) is 10.6. The smallest absolute Gasteiger partial charge is 0.255 e. The number of hydrogen-bond acceptors (Lipinski definition) is 5. The highest BCUT2D eigenvalue weighted by Gasteiger charge is 2.35. The van der Waals surface area contributed by atoms with E-state index < -0.39 is 15.9 Å². The average Bonchev–Trinajstić information content (AvgIpc) is 2.72. The molecule has 0 unspecified atom stereocenters. The highest BCUT2D eigenvalue weighted by molar-refractivity contribution is 7.89. The van der Waals surface area contributed by atoms with Gasteiger partial charge in [-0.3, -0.25) is 9.78 Å². The fraction of sp³-hybridized carbons (Fsp3) is 0.435. The van der Waals surface area contributed by atoms with E-state index in [1.165, 1.54) is 10.5 Å². The Balaban J connectivity index is 1.84. The summed E-state index contributed by atoms with van der Waals surface area (Å²) in [7, 11) is -3.84. The van der Waals surface area contributed by atoms with Gasteiger partial charge in [0.05, 0.1) is 17.7 Å². The summed E-state index contributed by atoms with van der Waals surface area (Å²) < 4.78 is 28.8. The number of benzene rings is 1. The van der Waals surface area contributed by atoms with Crippen LogP contribution in [0.4, 0.5) is 0 Å². The largest absolute Gasteiger partial charge is 0.272 e. The van der Waals surface area contributed by atoms with Crippen molar-refractivity contribution in [3.8, 4) is 0 Å². The van der Waals surface area contributed by atoms with Gasteiger partial charge in [-0.1, -0.05) is 37.0 Å². The molecule has 1 heterocycles. The molecule has 1 aliphatic rings. The van der Waals surface area contributed by atoms with Gasteiger partial charge < -0.3 is 0 Å². The molecule has 1 fully saturated rings. The molecule has 1 aromatic heterocycles. The molecule has 31 heavy (non-hydrogen) atoms. The monoisotopic (exact) mass is 442 g/mol. The summed E-state index contributed by atoms with van der Waals surface area (Å²) >= 11 is 0. The molecule has 7 nitrogen and oxygen atoms in total. The Hall–Kier alpha value is -2.58. The first kappa shape index (κ1) is 23.1. The fourth-order valence-electron chi connectivity index (χ4n) is 4.28. The Bertz CT molecular complexity index is 1020. The van der Waals surface area contributed by atoms with Gasteiger partial charge in [0.25, 0.3) is 5.91 Å². The molecule has 2 aromatic rings. The zero-order valence-electron chi connectivity index (χ0n) is 18.3. The summed E-state index contributed by atoms with van der Waals surface area (Å²) in [6, 6.07) is 7.08. The maximum atomic E-state index is 13.7. The van der Waals surface area contributed by atoms with Crippen molar-refractivity contribution in [2.45, 2.75) is 63.8 Å². The second-order valence-electron chi connectivity index (χ2n) is 8.14. The van der Waals surface area contributed by atoms with Crippen LogP contribution < -0.4 is 5.43 Å². The van der Waals surface area contributed by atoms with Gasteiger partial charge in [-0.25, -0.2) is 13.8 Å². The van der Waals surface area contributed by atoms with Crippen molar-refractivity contribution in [3.63, 3.8) is 0 Å². The molecule has 0 spiro atoms. The first-order valence-corrected chi connectivity index (χ1v) is 12.0. The molecule has 0 radical (unpaired) electrons. The molecule has 166 valence electrons. The van der Waals surface area contributed by atoms with Crippen molar-refractivity contribution in [2.24, 2.45) is 5.10 Å². The van der Waals surface area contributed by atoms with Crippen molar-refractivity contribution < 1.29 is 13.2 Å². The van der Waals surface area contributed by atoms with Gasteiger partial charge in [0, 0.05) is 18.4 Å². The number of carbonyl (C=O) groups is 1. The summed E-state index contributed by atoms with van der Waals surface area (Å²) in [5.41, 5.74) is 5.68. The van der Waals surface area contributed by atoms with E-state index in [1.807, 2.05) is 32.9 Å². The number of nitrogens with one attached hydrogen (secondary N) is 1. The highest BCUT2D eigenvalue weighted by Crippen LogP contribution is 2.31. The SMILES string of the molecule is Cc1cc(C)c(S(=O)(=O)N(CC(=O)N/N=C/c2ccncc2)C2CCCCC2)c(C)c1. The third-order valence-electron chi connectivity index (χ3n) is 5.56. The van der Waals surface area contributed by atoms with Crippen LogP contribution in [-0.2, 0) is 14.8 Å².